The first-order valence-corrected chi connectivity index (χ1v) is 7.50. The van der Waals surface area contributed by atoms with Gasteiger partial charge in [0.05, 0.1) is 25.4 Å². The van der Waals surface area contributed by atoms with Crippen molar-refractivity contribution in [2.45, 2.75) is 12.0 Å². The molecule has 0 aromatic carbocycles. The molecule has 1 aromatic heterocycles. The lowest BCUT2D eigenvalue weighted by Crippen LogP contribution is -2.49. The van der Waals surface area contributed by atoms with E-state index in [2.05, 4.69) is 4.90 Å². The van der Waals surface area contributed by atoms with Crippen molar-refractivity contribution >= 4 is 5.91 Å². The SMILES string of the molecule is Cn1cccc1C(=O)N1CC[C@@](O)(CN2CCOCC2)C1. The molecule has 0 saturated carbocycles. The minimum atomic E-state index is -0.793. The van der Waals surface area contributed by atoms with E-state index in [1.165, 1.54) is 0 Å². The molecule has 1 aromatic rings. The molecule has 0 bridgehead atoms. The zero-order chi connectivity index (χ0) is 14.9. The van der Waals surface area contributed by atoms with Gasteiger partial charge in [-0.25, -0.2) is 0 Å². The Bertz CT molecular complexity index is 510. The predicted octanol–water partition coefficient (Wildman–Crippen LogP) is -0.0657. The Morgan fingerprint density at radius 1 is 1.38 bits per heavy atom. The highest BCUT2D eigenvalue weighted by molar-refractivity contribution is 5.93. The molecule has 116 valence electrons. The number of carbonyl (C=O) groups is 1. The maximum atomic E-state index is 12.5. The highest BCUT2D eigenvalue weighted by atomic mass is 16.5. The van der Waals surface area contributed by atoms with E-state index in [4.69, 9.17) is 4.74 Å². The first kappa shape index (κ1) is 14.6. The second-order valence-electron chi connectivity index (χ2n) is 6.09. The molecule has 2 saturated heterocycles. The van der Waals surface area contributed by atoms with Gasteiger partial charge in [0.15, 0.2) is 0 Å². The third-order valence-electron chi connectivity index (χ3n) is 4.40. The number of morpholine rings is 1. The lowest BCUT2D eigenvalue weighted by Gasteiger charge is -2.33. The molecule has 21 heavy (non-hydrogen) atoms. The second-order valence-corrected chi connectivity index (χ2v) is 6.09. The van der Waals surface area contributed by atoms with Crippen molar-refractivity contribution in [2.24, 2.45) is 7.05 Å². The fraction of sp³-hybridized carbons (Fsp3) is 0.667. The van der Waals surface area contributed by atoms with Gasteiger partial charge in [-0.05, 0) is 18.6 Å². The van der Waals surface area contributed by atoms with Crippen molar-refractivity contribution in [3.05, 3.63) is 24.0 Å². The average Bonchev–Trinajstić information content (AvgIpc) is 3.06. The van der Waals surface area contributed by atoms with Crippen LogP contribution in [0.25, 0.3) is 0 Å². The standard InChI is InChI=1S/C15H23N3O3/c1-16-5-2-3-13(16)14(19)18-6-4-15(20,12-18)11-17-7-9-21-10-8-17/h2-3,5,20H,4,6-12H2,1H3/t15-/m1/s1. The quantitative estimate of drug-likeness (QED) is 0.848. The summed E-state index contributed by atoms with van der Waals surface area (Å²) >= 11 is 0. The Labute approximate surface area is 124 Å². The number of amides is 1. The van der Waals surface area contributed by atoms with E-state index in [1.54, 1.807) is 4.90 Å². The Balaban J connectivity index is 1.61. The normalized spacial score (nSPS) is 27.2. The molecule has 2 fully saturated rings. The summed E-state index contributed by atoms with van der Waals surface area (Å²) in [7, 11) is 1.86. The number of aryl methyl sites for hydroxylation is 1. The molecule has 6 nitrogen and oxygen atoms in total. The van der Waals surface area contributed by atoms with E-state index in [1.807, 2.05) is 29.9 Å². The molecule has 0 radical (unpaired) electrons. The smallest absolute Gasteiger partial charge is 0.270 e. The van der Waals surface area contributed by atoms with E-state index in [9.17, 15) is 9.90 Å². The molecule has 1 amide bonds. The van der Waals surface area contributed by atoms with Gasteiger partial charge in [0.25, 0.3) is 5.91 Å². The van der Waals surface area contributed by atoms with Crippen LogP contribution in [-0.4, -0.2) is 76.9 Å². The van der Waals surface area contributed by atoms with Crippen molar-refractivity contribution in [1.82, 2.24) is 14.4 Å². The van der Waals surface area contributed by atoms with Crippen LogP contribution in [0.2, 0.25) is 0 Å². The Morgan fingerprint density at radius 2 is 2.14 bits per heavy atom. The molecule has 2 aliphatic heterocycles. The number of hydrogen-bond acceptors (Lipinski definition) is 4. The van der Waals surface area contributed by atoms with E-state index in [-0.39, 0.29) is 5.91 Å². The van der Waals surface area contributed by atoms with E-state index in [0.717, 1.165) is 26.3 Å². The molecule has 0 spiro atoms. The van der Waals surface area contributed by atoms with Gasteiger partial charge in [-0.2, -0.15) is 0 Å². The van der Waals surface area contributed by atoms with Gasteiger partial charge in [-0.1, -0.05) is 0 Å². The fourth-order valence-electron chi connectivity index (χ4n) is 3.18. The Hall–Kier alpha value is -1.37. The van der Waals surface area contributed by atoms with Crippen molar-refractivity contribution < 1.29 is 14.6 Å². The van der Waals surface area contributed by atoms with Gasteiger partial charge >= 0.3 is 0 Å². The van der Waals surface area contributed by atoms with Crippen LogP contribution in [0.15, 0.2) is 18.3 Å². The number of rotatable bonds is 3. The maximum absolute atomic E-state index is 12.5. The summed E-state index contributed by atoms with van der Waals surface area (Å²) in [4.78, 5) is 16.5. The molecule has 2 aliphatic rings. The van der Waals surface area contributed by atoms with Gasteiger partial charge in [0, 0.05) is 39.4 Å². The van der Waals surface area contributed by atoms with E-state index in [0.29, 0.717) is 31.7 Å². The van der Waals surface area contributed by atoms with Crippen LogP contribution in [0.1, 0.15) is 16.9 Å². The Morgan fingerprint density at radius 3 is 2.81 bits per heavy atom. The largest absolute Gasteiger partial charge is 0.387 e. The summed E-state index contributed by atoms with van der Waals surface area (Å²) in [6.07, 6.45) is 2.50. The predicted molar refractivity (Wildman–Crippen MR) is 78.1 cm³/mol. The molecule has 1 atom stereocenters. The van der Waals surface area contributed by atoms with Gasteiger partial charge in [-0.3, -0.25) is 9.69 Å². The fourth-order valence-corrected chi connectivity index (χ4v) is 3.18. The molecule has 0 unspecified atom stereocenters. The van der Waals surface area contributed by atoms with Crippen molar-refractivity contribution in [1.29, 1.82) is 0 Å². The van der Waals surface area contributed by atoms with Gasteiger partial charge in [0.2, 0.25) is 0 Å². The molecule has 3 rings (SSSR count). The van der Waals surface area contributed by atoms with Crippen molar-refractivity contribution in [3.63, 3.8) is 0 Å². The number of nitrogens with zero attached hydrogens (tertiary/aromatic N) is 3. The first-order chi connectivity index (χ1) is 10.1. The van der Waals surface area contributed by atoms with Crippen molar-refractivity contribution in [2.75, 3.05) is 45.9 Å². The summed E-state index contributed by atoms with van der Waals surface area (Å²) < 4.78 is 7.15. The molecule has 6 heteroatoms. The number of likely N-dealkylation sites (tertiary alicyclic amines) is 1. The van der Waals surface area contributed by atoms with Gasteiger partial charge < -0.3 is 19.3 Å². The molecule has 3 heterocycles. The van der Waals surface area contributed by atoms with Crippen LogP contribution in [0, 0.1) is 0 Å². The van der Waals surface area contributed by atoms with E-state index < -0.39 is 5.60 Å². The number of β-amino-alcohol motifs (C(OH)–C–C–N with tert-alkyl or cyclic N) is 1. The van der Waals surface area contributed by atoms with Crippen LogP contribution in [-0.2, 0) is 11.8 Å². The van der Waals surface area contributed by atoms with E-state index >= 15 is 0 Å². The molecule has 0 aliphatic carbocycles. The summed E-state index contributed by atoms with van der Waals surface area (Å²) in [5.74, 6) is 0.000373. The molecular weight excluding hydrogens is 270 g/mol. The highest BCUT2D eigenvalue weighted by Gasteiger charge is 2.40. The number of aromatic nitrogens is 1. The third-order valence-corrected chi connectivity index (χ3v) is 4.40. The summed E-state index contributed by atoms with van der Waals surface area (Å²) in [6.45, 7) is 4.80. The summed E-state index contributed by atoms with van der Waals surface area (Å²) in [5.41, 5.74) is -0.122. The van der Waals surface area contributed by atoms with Crippen LogP contribution in [0.3, 0.4) is 0 Å². The van der Waals surface area contributed by atoms with Crippen LogP contribution >= 0.6 is 0 Å². The average molecular weight is 293 g/mol. The number of carbonyl (C=O) groups excluding carboxylic acids is 1. The topological polar surface area (TPSA) is 57.9 Å². The number of hydrogen-bond donors (Lipinski definition) is 1. The highest BCUT2D eigenvalue weighted by Crippen LogP contribution is 2.24. The van der Waals surface area contributed by atoms with Crippen molar-refractivity contribution in [3.8, 4) is 0 Å². The van der Waals surface area contributed by atoms with Crippen LogP contribution in [0.5, 0.6) is 0 Å². The van der Waals surface area contributed by atoms with Gasteiger partial charge in [0.1, 0.15) is 5.69 Å². The second kappa shape index (κ2) is 5.79. The zero-order valence-electron chi connectivity index (χ0n) is 12.5. The lowest BCUT2D eigenvalue weighted by molar-refractivity contribution is -0.0257. The lowest BCUT2D eigenvalue weighted by atomic mass is 10.0. The number of aliphatic hydroxyl groups is 1. The summed E-state index contributed by atoms with van der Waals surface area (Å²) in [5, 5.41) is 10.7. The maximum Gasteiger partial charge on any atom is 0.270 e. The first-order valence-electron chi connectivity index (χ1n) is 7.50. The minimum Gasteiger partial charge on any atom is -0.387 e. The summed E-state index contributed by atoms with van der Waals surface area (Å²) in [6, 6.07) is 3.69. The van der Waals surface area contributed by atoms with Crippen LogP contribution in [0.4, 0.5) is 0 Å². The van der Waals surface area contributed by atoms with Gasteiger partial charge in [-0.15, -0.1) is 0 Å². The third kappa shape index (κ3) is 3.12. The number of ether oxygens (including phenoxy) is 1. The molecule has 1 N–H and O–H groups in total. The Kier molecular flexibility index (Phi) is 4.01. The monoisotopic (exact) mass is 293 g/mol. The minimum absolute atomic E-state index is 0.000373. The molecular formula is C15H23N3O3. The van der Waals surface area contributed by atoms with Crippen LogP contribution < -0.4 is 0 Å². The zero-order valence-corrected chi connectivity index (χ0v) is 12.5.